The second-order valence-corrected chi connectivity index (χ2v) is 5.84. The first-order chi connectivity index (χ1) is 8.58. The summed E-state index contributed by atoms with van der Waals surface area (Å²) in [7, 11) is 1.91. The second kappa shape index (κ2) is 6.17. The molecule has 1 aromatic rings. The van der Waals surface area contributed by atoms with Gasteiger partial charge in [-0.1, -0.05) is 0 Å². The standard InChI is InChI=1S/C13H21BrN2O2/c1-9-13(14)12(16(2)15-9)8-10(17)7-11-5-3-4-6-18-11/h10-11,17H,3-8H2,1-2H3. The first-order valence-electron chi connectivity index (χ1n) is 6.55. The minimum atomic E-state index is -0.362. The Labute approximate surface area is 116 Å². The molecule has 0 aromatic carbocycles. The van der Waals surface area contributed by atoms with E-state index in [9.17, 15) is 5.11 Å². The number of ether oxygens (including phenoxy) is 1. The van der Waals surface area contributed by atoms with Gasteiger partial charge in [-0.3, -0.25) is 4.68 Å². The molecule has 5 heteroatoms. The van der Waals surface area contributed by atoms with Crippen LogP contribution in [0.2, 0.25) is 0 Å². The summed E-state index contributed by atoms with van der Waals surface area (Å²) in [5, 5.41) is 14.5. The van der Waals surface area contributed by atoms with Crippen molar-refractivity contribution >= 4 is 15.9 Å². The largest absolute Gasteiger partial charge is 0.393 e. The van der Waals surface area contributed by atoms with Gasteiger partial charge in [-0.05, 0) is 48.5 Å². The molecule has 2 atom stereocenters. The maximum absolute atomic E-state index is 10.2. The third-order valence-corrected chi connectivity index (χ3v) is 4.53. The Kier molecular flexibility index (Phi) is 4.81. The molecule has 18 heavy (non-hydrogen) atoms. The fourth-order valence-electron chi connectivity index (χ4n) is 2.51. The van der Waals surface area contributed by atoms with E-state index in [4.69, 9.17) is 4.74 Å². The fraction of sp³-hybridized carbons (Fsp3) is 0.769. The molecule has 1 N–H and O–H groups in total. The minimum absolute atomic E-state index is 0.224. The Morgan fingerprint density at radius 3 is 2.89 bits per heavy atom. The number of halogens is 1. The van der Waals surface area contributed by atoms with Gasteiger partial charge in [0.2, 0.25) is 0 Å². The number of hydrogen-bond acceptors (Lipinski definition) is 3. The number of aliphatic hydroxyl groups excluding tert-OH is 1. The summed E-state index contributed by atoms with van der Waals surface area (Å²) < 4.78 is 8.50. The van der Waals surface area contributed by atoms with Crippen LogP contribution in [0.15, 0.2) is 4.47 Å². The van der Waals surface area contributed by atoms with E-state index in [1.165, 1.54) is 6.42 Å². The van der Waals surface area contributed by atoms with Crippen LogP contribution in [0.3, 0.4) is 0 Å². The first-order valence-corrected chi connectivity index (χ1v) is 7.35. The predicted octanol–water partition coefficient (Wildman–Crippen LogP) is 2.35. The zero-order chi connectivity index (χ0) is 13.1. The summed E-state index contributed by atoms with van der Waals surface area (Å²) in [5.41, 5.74) is 2.02. The molecule has 0 saturated carbocycles. The quantitative estimate of drug-likeness (QED) is 0.927. The summed E-state index contributed by atoms with van der Waals surface area (Å²) >= 11 is 3.53. The van der Waals surface area contributed by atoms with Crippen molar-refractivity contribution in [1.82, 2.24) is 9.78 Å². The molecule has 2 unspecified atom stereocenters. The normalized spacial score (nSPS) is 22.1. The maximum Gasteiger partial charge on any atom is 0.0738 e. The van der Waals surface area contributed by atoms with Gasteiger partial charge in [-0.25, -0.2) is 0 Å². The predicted molar refractivity (Wildman–Crippen MR) is 73.6 cm³/mol. The number of aliphatic hydroxyl groups is 1. The van der Waals surface area contributed by atoms with Crippen molar-refractivity contribution in [3.63, 3.8) is 0 Å². The molecule has 0 radical (unpaired) electrons. The van der Waals surface area contributed by atoms with Crippen LogP contribution >= 0.6 is 15.9 Å². The number of aryl methyl sites for hydroxylation is 2. The van der Waals surface area contributed by atoms with Gasteiger partial charge in [-0.2, -0.15) is 5.10 Å². The third-order valence-electron chi connectivity index (χ3n) is 3.50. The lowest BCUT2D eigenvalue weighted by atomic mass is 10.0. The maximum atomic E-state index is 10.2. The van der Waals surface area contributed by atoms with Crippen LogP contribution in [0, 0.1) is 6.92 Å². The monoisotopic (exact) mass is 316 g/mol. The van der Waals surface area contributed by atoms with E-state index in [-0.39, 0.29) is 12.2 Å². The molecule has 1 aliphatic rings. The molecule has 4 nitrogen and oxygen atoms in total. The molecule has 1 aromatic heterocycles. The molecule has 0 aliphatic carbocycles. The van der Waals surface area contributed by atoms with Crippen LogP contribution in [0.4, 0.5) is 0 Å². The van der Waals surface area contributed by atoms with Crippen LogP contribution in [0.25, 0.3) is 0 Å². The van der Waals surface area contributed by atoms with E-state index < -0.39 is 0 Å². The second-order valence-electron chi connectivity index (χ2n) is 5.05. The van der Waals surface area contributed by atoms with Gasteiger partial charge in [0, 0.05) is 20.1 Å². The molecule has 1 saturated heterocycles. The minimum Gasteiger partial charge on any atom is -0.393 e. The summed E-state index contributed by atoms with van der Waals surface area (Å²) in [6, 6.07) is 0. The van der Waals surface area contributed by atoms with Crippen molar-refractivity contribution in [1.29, 1.82) is 0 Å². The van der Waals surface area contributed by atoms with Crippen LogP contribution in [-0.4, -0.2) is 33.7 Å². The van der Waals surface area contributed by atoms with Crippen LogP contribution in [0.1, 0.15) is 37.1 Å². The lowest BCUT2D eigenvalue weighted by molar-refractivity contribution is -0.0150. The lowest BCUT2D eigenvalue weighted by Gasteiger charge is -2.24. The smallest absolute Gasteiger partial charge is 0.0738 e. The Morgan fingerprint density at radius 2 is 2.33 bits per heavy atom. The molecule has 2 rings (SSSR count). The third kappa shape index (κ3) is 3.33. The molecule has 1 fully saturated rings. The molecular formula is C13H21BrN2O2. The summed E-state index contributed by atoms with van der Waals surface area (Å²) in [4.78, 5) is 0. The van der Waals surface area contributed by atoms with Gasteiger partial charge in [0.25, 0.3) is 0 Å². The Balaban J connectivity index is 1.91. The van der Waals surface area contributed by atoms with Gasteiger partial charge in [0.15, 0.2) is 0 Å². The van der Waals surface area contributed by atoms with E-state index >= 15 is 0 Å². The number of rotatable bonds is 4. The summed E-state index contributed by atoms with van der Waals surface area (Å²) in [5.74, 6) is 0. The first kappa shape index (κ1) is 14.0. The van der Waals surface area contributed by atoms with Gasteiger partial charge in [0.05, 0.1) is 28.1 Å². The molecule has 0 amide bonds. The number of nitrogens with zero attached hydrogens (tertiary/aromatic N) is 2. The average Bonchev–Trinajstić information content (AvgIpc) is 2.57. The summed E-state index contributed by atoms with van der Waals surface area (Å²) in [6.07, 6.45) is 4.64. The Morgan fingerprint density at radius 1 is 1.56 bits per heavy atom. The highest BCUT2D eigenvalue weighted by Crippen LogP contribution is 2.24. The molecular weight excluding hydrogens is 296 g/mol. The van der Waals surface area contributed by atoms with E-state index in [1.807, 2.05) is 18.7 Å². The molecule has 0 bridgehead atoms. The topological polar surface area (TPSA) is 47.3 Å². The van der Waals surface area contributed by atoms with E-state index in [2.05, 4.69) is 21.0 Å². The van der Waals surface area contributed by atoms with Gasteiger partial charge in [-0.15, -0.1) is 0 Å². The van der Waals surface area contributed by atoms with E-state index in [0.29, 0.717) is 6.42 Å². The van der Waals surface area contributed by atoms with Gasteiger partial charge >= 0.3 is 0 Å². The zero-order valence-electron chi connectivity index (χ0n) is 11.0. The highest BCUT2D eigenvalue weighted by molar-refractivity contribution is 9.10. The van der Waals surface area contributed by atoms with Crippen LogP contribution in [0.5, 0.6) is 0 Å². The molecule has 0 spiro atoms. The van der Waals surface area contributed by atoms with E-state index in [1.54, 1.807) is 0 Å². The number of hydrogen-bond donors (Lipinski definition) is 1. The van der Waals surface area contributed by atoms with Crippen molar-refractivity contribution in [2.24, 2.45) is 7.05 Å². The van der Waals surface area contributed by atoms with Crippen LogP contribution in [-0.2, 0) is 18.2 Å². The van der Waals surface area contributed by atoms with Gasteiger partial charge < -0.3 is 9.84 Å². The molecule has 1 aliphatic heterocycles. The van der Waals surface area contributed by atoms with E-state index in [0.717, 1.165) is 41.7 Å². The van der Waals surface area contributed by atoms with Gasteiger partial charge in [0.1, 0.15) is 0 Å². The average molecular weight is 317 g/mol. The fourth-order valence-corrected chi connectivity index (χ4v) is 3.00. The van der Waals surface area contributed by atoms with Crippen molar-refractivity contribution in [2.75, 3.05) is 6.61 Å². The van der Waals surface area contributed by atoms with Crippen molar-refractivity contribution < 1.29 is 9.84 Å². The highest BCUT2D eigenvalue weighted by Gasteiger charge is 2.21. The number of aromatic nitrogens is 2. The molecule has 2 heterocycles. The van der Waals surface area contributed by atoms with Crippen molar-refractivity contribution in [3.05, 3.63) is 15.9 Å². The van der Waals surface area contributed by atoms with Crippen LogP contribution < -0.4 is 0 Å². The van der Waals surface area contributed by atoms with Crippen molar-refractivity contribution in [3.8, 4) is 0 Å². The molecule has 102 valence electrons. The Bertz CT molecular complexity index is 400. The SMILES string of the molecule is Cc1nn(C)c(CC(O)CC2CCCCO2)c1Br. The summed E-state index contributed by atoms with van der Waals surface area (Å²) in [6.45, 7) is 2.80. The lowest BCUT2D eigenvalue weighted by Crippen LogP contribution is -2.26. The Hall–Kier alpha value is -0.390. The zero-order valence-corrected chi connectivity index (χ0v) is 12.6. The van der Waals surface area contributed by atoms with Crippen molar-refractivity contribution in [2.45, 2.75) is 51.2 Å². The highest BCUT2D eigenvalue weighted by atomic mass is 79.9.